The highest BCUT2D eigenvalue weighted by Crippen LogP contribution is 2.23. The van der Waals surface area contributed by atoms with Gasteiger partial charge in [0, 0.05) is 18.7 Å². The fourth-order valence-electron chi connectivity index (χ4n) is 2.12. The molecule has 2 aromatic rings. The van der Waals surface area contributed by atoms with Gasteiger partial charge in [-0.15, -0.1) is 0 Å². The minimum atomic E-state index is -0.0688. The van der Waals surface area contributed by atoms with E-state index in [0.29, 0.717) is 5.56 Å². The van der Waals surface area contributed by atoms with Gasteiger partial charge in [-0.1, -0.05) is 37.3 Å². The minimum absolute atomic E-state index is 0.0688. The van der Waals surface area contributed by atoms with Crippen LogP contribution in [0, 0.1) is 0 Å². The predicted octanol–water partition coefficient (Wildman–Crippen LogP) is 3.28. The lowest BCUT2D eigenvalue weighted by atomic mass is 9.90. The molecule has 1 unspecified atom stereocenters. The molecule has 0 saturated carbocycles. The Kier molecular flexibility index (Phi) is 3.92. The average Bonchev–Trinajstić information content (AvgIpc) is 2.89. The van der Waals surface area contributed by atoms with Gasteiger partial charge in [-0.25, -0.2) is 0 Å². The number of rotatable bonds is 5. The zero-order valence-electron chi connectivity index (χ0n) is 10.8. The summed E-state index contributed by atoms with van der Waals surface area (Å²) >= 11 is 0. The van der Waals surface area contributed by atoms with Crippen molar-refractivity contribution in [2.45, 2.75) is 32.7 Å². The number of benzene rings is 1. The highest BCUT2D eigenvalue weighted by molar-refractivity contribution is 6.00. The smallest absolute Gasteiger partial charge is 0.173 e. The maximum Gasteiger partial charge on any atom is 0.173 e. The highest BCUT2D eigenvalue weighted by atomic mass is 16.1. The van der Waals surface area contributed by atoms with Crippen molar-refractivity contribution >= 4 is 5.78 Å². The molecule has 3 nitrogen and oxygen atoms in total. The monoisotopic (exact) mass is 242 g/mol. The van der Waals surface area contributed by atoms with Crippen LogP contribution >= 0.6 is 0 Å². The Morgan fingerprint density at radius 1 is 1.28 bits per heavy atom. The first-order chi connectivity index (χ1) is 8.76. The number of hydrogen-bond acceptors (Lipinski definition) is 2. The molecule has 2 rings (SSSR count). The summed E-state index contributed by atoms with van der Waals surface area (Å²) in [6.07, 6.45) is 4.30. The molecule has 94 valence electrons. The number of ketones is 1. The quantitative estimate of drug-likeness (QED) is 0.754. The van der Waals surface area contributed by atoms with Gasteiger partial charge < -0.3 is 0 Å². The van der Waals surface area contributed by atoms with E-state index in [0.717, 1.165) is 18.5 Å². The predicted molar refractivity (Wildman–Crippen MR) is 71.7 cm³/mol. The molecule has 0 aliphatic carbocycles. The summed E-state index contributed by atoms with van der Waals surface area (Å²) in [6, 6.07) is 9.93. The summed E-state index contributed by atoms with van der Waals surface area (Å²) in [5.41, 5.74) is 1.78. The molecular weight excluding hydrogens is 224 g/mol. The third kappa shape index (κ3) is 2.50. The molecule has 0 saturated heterocycles. The van der Waals surface area contributed by atoms with E-state index in [1.807, 2.05) is 50.4 Å². The van der Waals surface area contributed by atoms with Gasteiger partial charge >= 0.3 is 0 Å². The molecular formula is C15H18N2O. The number of hydrogen-bond donors (Lipinski definition) is 0. The number of nitrogens with zero attached hydrogens (tertiary/aromatic N) is 2. The standard InChI is InChI=1S/C15H18N2O/c1-3-14(12-8-6-5-7-9-12)15(18)13-10-16-17(4-2)11-13/h5-11,14H,3-4H2,1-2H3. The molecule has 1 heterocycles. The van der Waals surface area contributed by atoms with Gasteiger partial charge in [-0.2, -0.15) is 5.10 Å². The molecule has 3 heteroatoms. The van der Waals surface area contributed by atoms with Gasteiger partial charge in [0.2, 0.25) is 0 Å². The Bertz CT molecular complexity index is 516. The molecule has 0 aliphatic rings. The van der Waals surface area contributed by atoms with Gasteiger partial charge in [0.15, 0.2) is 5.78 Å². The Labute approximate surface area is 107 Å². The number of aryl methyl sites for hydroxylation is 1. The molecule has 1 aromatic heterocycles. The summed E-state index contributed by atoms with van der Waals surface area (Å²) < 4.78 is 1.78. The number of carbonyl (C=O) groups is 1. The Hall–Kier alpha value is -1.90. The second-order valence-electron chi connectivity index (χ2n) is 4.32. The van der Waals surface area contributed by atoms with E-state index in [4.69, 9.17) is 0 Å². The van der Waals surface area contributed by atoms with Crippen LogP contribution in [0.25, 0.3) is 0 Å². The van der Waals surface area contributed by atoms with Crippen molar-refractivity contribution in [3.05, 3.63) is 53.9 Å². The van der Waals surface area contributed by atoms with E-state index in [-0.39, 0.29) is 11.7 Å². The SMILES string of the molecule is CCC(C(=O)c1cnn(CC)c1)c1ccccc1. The van der Waals surface area contributed by atoms with Crippen molar-refractivity contribution in [1.82, 2.24) is 9.78 Å². The van der Waals surface area contributed by atoms with Crippen molar-refractivity contribution in [3.63, 3.8) is 0 Å². The van der Waals surface area contributed by atoms with Gasteiger partial charge in [-0.05, 0) is 18.9 Å². The Balaban J connectivity index is 2.25. The second kappa shape index (κ2) is 5.63. The van der Waals surface area contributed by atoms with Crippen LogP contribution in [0.5, 0.6) is 0 Å². The summed E-state index contributed by atoms with van der Waals surface area (Å²) in [5.74, 6) is 0.0871. The van der Waals surface area contributed by atoms with E-state index in [1.165, 1.54) is 0 Å². The average molecular weight is 242 g/mol. The van der Waals surface area contributed by atoms with Crippen molar-refractivity contribution in [2.75, 3.05) is 0 Å². The van der Waals surface area contributed by atoms with Gasteiger partial charge in [0.05, 0.1) is 11.8 Å². The molecule has 0 spiro atoms. The molecule has 0 fully saturated rings. The Morgan fingerprint density at radius 3 is 2.56 bits per heavy atom. The van der Waals surface area contributed by atoms with Crippen molar-refractivity contribution in [1.29, 1.82) is 0 Å². The maximum atomic E-state index is 12.5. The van der Waals surface area contributed by atoms with Crippen LogP contribution in [0.2, 0.25) is 0 Å². The fourth-order valence-corrected chi connectivity index (χ4v) is 2.12. The second-order valence-corrected chi connectivity index (χ2v) is 4.32. The number of Topliss-reactive ketones (excluding diaryl/α,β-unsaturated/α-hetero) is 1. The first kappa shape index (κ1) is 12.6. The van der Waals surface area contributed by atoms with Crippen LogP contribution in [0.3, 0.4) is 0 Å². The van der Waals surface area contributed by atoms with Crippen molar-refractivity contribution in [3.8, 4) is 0 Å². The van der Waals surface area contributed by atoms with Crippen LogP contribution in [0.1, 0.15) is 42.1 Å². The van der Waals surface area contributed by atoms with Crippen molar-refractivity contribution < 1.29 is 4.79 Å². The summed E-state index contributed by atoms with van der Waals surface area (Å²) in [4.78, 5) is 12.5. The largest absolute Gasteiger partial charge is 0.293 e. The summed E-state index contributed by atoms with van der Waals surface area (Å²) in [6.45, 7) is 4.84. The van der Waals surface area contributed by atoms with E-state index in [1.54, 1.807) is 10.9 Å². The topological polar surface area (TPSA) is 34.9 Å². The molecule has 0 bridgehead atoms. The number of carbonyl (C=O) groups excluding carboxylic acids is 1. The number of aromatic nitrogens is 2. The van der Waals surface area contributed by atoms with Gasteiger partial charge in [0.25, 0.3) is 0 Å². The van der Waals surface area contributed by atoms with Crippen LogP contribution < -0.4 is 0 Å². The van der Waals surface area contributed by atoms with Gasteiger partial charge in [0.1, 0.15) is 0 Å². The van der Waals surface area contributed by atoms with Crippen molar-refractivity contribution in [2.24, 2.45) is 0 Å². The fraction of sp³-hybridized carbons (Fsp3) is 0.333. The lowest BCUT2D eigenvalue weighted by Gasteiger charge is -2.12. The molecule has 0 radical (unpaired) electrons. The summed E-state index contributed by atoms with van der Waals surface area (Å²) in [5, 5.41) is 4.16. The molecule has 0 amide bonds. The first-order valence-corrected chi connectivity index (χ1v) is 6.37. The third-order valence-electron chi connectivity index (χ3n) is 3.17. The summed E-state index contributed by atoms with van der Waals surface area (Å²) in [7, 11) is 0. The zero-order chi connectivity index (χ0) is 13.0. The Morgan fingerprint density at radius 2 is 2.00 bits per heavy atom. The maximum absolute atomic E-state index is 12.5. The van der Waals surface area contributed by atoms with E-state index in [9.17, 15) is 4.79 Å². The molecule has 1 aromatic carbocycles. The van der Waals surface area contributed by atoms with Gasteiger partial charge in [-0.3, -0.25) is 9.48 Å². The lowest BCUT2D eigenvalue weighted by Crippen LogP contribution is -2.11. The van der Waals surface area contributed by atoms with E-state index >= 15 is 0 Å². The first-order valence-electron chi connectivity index (χ1n) is 6.37. The molecule has 18 heavy (non-hydrogen) atoms. The van der Waals surface area contributed by atoms with E-state index < -0.39 is 0 Å². The van der Waals surface area contributed by atoms with Crippen LogP contribution in [0.15, 0.2) is 42.7 Å². The highest BCUT2D eigenvalue weighted by Gasteiger charge is 2.21. The third-order valence-corrected chi connectivity index (χ3v) is 3.17. The normalized spacial score (nSPS) is 12.3. The molecule has 1 atom stereocenters. The lowest BCUT2D eigenvalue weighted by molar-refractivity contribution is 0.0957. The molecule has 0 N–H and O–H groups in total. The van der Waals surface area contributed by atoms with E-state index in [2.05, 4.69) is 5.10 Å². The molecule has 0 aliphatic heterocycles. The minimum Gasteiger partial charge on any atom is -0.293 e. The van der Waals surface area contributed by atoms with Crippen LogP contribution in [-0.2, 0) is 6.54 Å². The van der Waals surface area contributed by atoms with Crippen LogP contribution in [-0.4, -0.2) is 15.6 Å². The zero-order valence-corrected chi connectivity index (χ0v) is 10.8. The van der Waals surface area contributed by atoms with Crippen LogP contribution in [0.4, 0.5) is 0 Å².